The molecule has 1 aliphatic rings. The summed E-state index contributed by atoms with van der Waals surface area (Å²) in [5.74, 6) is 1.23. The third-order valence-electron chi connectivity index (χ3n) is 5.04. The predicted octanol–water partition coefficient (Wildman–Crippen LogP) is 5.56. The SMILES string of the molecule is CC(C)(C)Oc1ccc(C2(C)CC(C)(C)c3ccc(O)cc32)cc1. The van der Waals surface area contributed by atoms with Gasteiger partial charge in [-0.05, 0) is 73.6 Å². The Morgan fingerprint density at radius 3 is 2.12 bits per heavy atom. The van der Waals surface area contributed by atoms with Crippen molar-refractivity contribution < 1.29 is 9.84 Å². The third kappa shape index (κ3) is 2.90. The average Bonchev–Trinajstić information content (AvgIpc) is 2.65. The van der Waals surface area contributed by atoms with Crippen molar-refractivity contribution in [2.24, 2.45) is 0 Å². The van der Waals surface area contributed by atoms with E-state index >= 15 is 0 Å². The first-order chi connectivity index (χ1) is 11.0. The second-order valence-electron chi connectivity index (χ2n) is 8.86. The van der Waals surface area contributed by atoms with Gasteiger partial charge in [-0.2, -0.15) is 0 Å². The number of phenolic OH excluding ortho intramolecular Hbond substituents is 1. The largest absolute Gasteiger partial charge is 0.508 e. The highest BCUT2D eigenvalue weighted by molar-refractivity contribution is 5.54. The van der Waals surface area contributed by atoms with Gasteiger partial charge in [0.1, 0.15) is 17.1 Å². The molecular weight excluding hydrogens is 296 g/mol. The molecule has 1 aliphatic carbocycles. The lowest BCUT2D eigenvalue weighted by molar-refractivity contribution is 0.131. The van der Waals surface area contributed by atoms with Crippen molar-refractivity contribution in [3.63, 3.8) is 0 Å². The molecule has 2 nitrogen and oxygen atoms in total. The van der Waals surface area contributed by atoms with Crippen LogP contribution in [0.25, 0.3) is 0 Å². The van der Waals surface area contributed by atoms with Crippen LogP contribution in [0.3, 0.4) is 0 Å². The number of ether oxygens (including phenoxy) is 1. The van der Waals surface area contributed by atoms with E-state index in [2.05, 4.69) is 71.9 Å². The van der Waals surface area contributed by atoms with Crippen LogP contribution in [0.2, 0.25) is 0 Å². The highest BCUT2D eigenvalue weighted by Crippen LogP contribution is 2.53. The van der Waals surface area contributed by atoms with Crippen LogP contribution in [-0.2, 0) is 10.8 Å². The van der Waals surface area contributed by atoms with Gasteiger partial charge in [0.2, 0.25) is 0 Å². The van der Waals surface area contributed by atoms with Crippen molar-refractivity contribution in [3.05, 3.63) is 59.2 Å². The molecule has 0 saturated carbocycles. The van der Waals surface area contributed by atoms with E-state index < -0.39 is 0 Å². The molecule has 1 atom stereocenters. The second kappa shape index (κ2) is 5.27. The number of benzene rings is 2. The summed E-state index contributed by atoms with van der Waals surface area (Å²) in [5, 5.41) is 10.00. The van der Waals surface area contributed by atoms with Crippen molar-refractivity contribution in [1.29, 1.82) is 0 Å². The fourth-order valence-corrected chi connectivity index (χ4v) is 4.16. The van der Waals surface area contributed by atoms with Crippen molar-refractivity contribution >= 4 is 0 Å². The number of hydrogen-bond acceptors (Lipinski definition) is 2. The van der Waals surface area contributed by atoms with E-state index in [0.29, 0.717) is 5.75 Å². The maximum absolute atomic E-state index is 10.00. The maximum Gasteiger partial charge on any atom is 0.120 e. The van der Waals surface area contributed by atoms with Gasteiger partial charge in [0.25, 0.3) is 0 Å². The fraction of sp³-hybridized carbons (Fsp3) is 0.455. The molecule has 0 aliphatic heterocycles. The van der Waals surface area contributed by atoms with Gasteiger partial charge in [-0.15, -0.1) is 0 Å². The standard InChI is InChI=1S/C22H28O2/c1-20(2,3)24-17-10-7-15(8-11-17)22(6)14-21(4,5)18-12-9-16(23)13-19(18)22/h7-13,23H,14H2,1-6H3. The lowest BCUT2D eigenvalue weighted by Crippen LogP contribution is -2.24. The van der Waals surface area contributed by atoms with Gasteiger partial charge >= 0.3 is 0 Å². The van der Waals surface area contributed by atoms with Crippen LogP contribution in [-0.4, -0.2) is 10.7 Å². The molecule has 2 aromatic rings. The summed E-state index contributed by atoms with van der Waals surface area (Å²) in [7, 11) is 0. The van der Waals surface area contributed by atoms with E-state index in [9.17, 15) is 5.11 Å². The smallest absolute Gasteiger partial charge is 0.120 e. The zero-order valence-electron chi connectivity index (χ0n) is 15.6. The first kappa shape index (κ1) is 16.9. The minimum absolute atomic E-state index is 0.0956. The molecule has 0 fully saturated rings. The lowest BCUT2D eigenvalue weighted by atomic mass is 9.75. The van der Waals surface area contributed by atoms with Gasteiger partial charge in [-0.3, -0.25) is 0 Å². The number of rotatable bonds is 2. The van der Waals surface area contributed by atoms with Gasteiger partial charge in [0, 0.05) is 5.41 Å². The van der Waals surface area contributed by atoms with Gasteiger partial charge < -0.3 is 9.84 Å². The molecule has 1 unspecified atom stereocenters. The quantitative estimate of drug-likeness (QED) is 0.784. The van der Waals surface area contributed by atoms with Crippen LogP contribution in [0, 0.1) is 0 Å². The van der Waals surface area contributed by atoms with E-state index in [4.69, 9.17) is 4.74 Å². The normalized spacial score (nSPS) is 22.2. The molecule has 0 saturated heterocycles. The first-order valence-corrected chi connectivity index (χ1v) is 8.65. The summed E-state index contributed by atoms with van der Waals surface area (Å²) in [5.41, 5.74) is 3.63. The van der Waals surface area contributed by atoms with Gasteiger partial charge in [0.05, 0.1) is 0 Å². The lowest BCUT2D eigenvalue weighted by Gasteiger charge is -2.29. The fourth-order valence-electron chi connectivity index (χ4n) is 4.16. The summed E-state index contributed by atoms with van der Waals surface area (Å²) in [6.45, 7) is 13.0. The van der Waals surface area contributed by atoms with E-state index in [1.165, 1.54) is 16.7 Å². The van der Waals surface area contributed by atoms with E-state index in [-0.39, 0.29) is 16.4 Å². The molecule has 1 N–H and O–H groups in total. The van der Waals surface area contributed by atoms with Crippen molar-refractivity contribution in [2.75, 3.05) is 0 Å². The van der Waals surface area contributed by atoms with Crippen LogP contribution in [0.5, 0.6) is 11.5 Å². The molecule has 0 spiro atoms. The number of phenols is 1. The monoisotopic (exact) mass is 324 g/mol. The molecule has 128 valence electrons. The Balaban J connectivity index is 2.02. The predicted molar refractivity (Wildman–Crippen MR) is 99.0 cm³/mol. The van der Waals surface area contributed by atoms with E-state index in [1.807, 2.05) is 6.07 Å². The maximum atomic E-state index is 10.00. The van der Waals surface area contributed by atoms with Gasteiger partial charge in [0.15, 0.2) is 0 Å². The van der Waals surface area contributed by atoms with Crippen LogP contribution < -0.4 is 4.74 Å². The van der Waals surface area contributed by atoms with Crippen molar-refractivity contribution in [1.82, 2.24) is 0 Å². The van der Waals surface area contributed by atoms with Crippen LogP contribution in [0.15, 0.2) is 42.5 Å². The molecular formula is C22H28O2. The number of fused-ring (bicyclic) bond motifs is 1. The van der Waals surface area contributed by atoms with E-state index in [0.717, 1.165) is 12.2 Å². The molecule has 0 heterocycles. The summed E-state index contributed by atoms with van der Waals surface area (Å²) >= 11 is 0. The summed E-state index contributed by atoms with van der Waals surface area (Å²) in [6.07, 6.45) is 1.03. The molecule has 3 rings (SSSR count). The minimum atomic E-state index is -0.195. The molecule has 0 bridgehead atoms. The molecule has 2 aromatic carbocycles. The number of hydrogen-bond donors (Lipinski definition) is 1. The Hall–Kier alpha value is -1.96. The zero-order valence-corrected chi connectivity index (χ0v) is 15.6. The Bertz CT molecular complexity index is 751. The van der Waals surface area contributed by atoms with Gasteiger partial charge in [-0.1, -0.05) is 39.0 Å². The van der Waals surface area contributed by atoms with Gasteiger partial charge in [-0.25, -0.2) is 0 Å². The average molecular weight is 324 g/mol. The highest BCUT2D eigenvalue weighted by atomic mass is 16.5. The molecule has 2 heteroatoms. The van der Waals surface area contributed by atoms with Crippen LogP contribution in [0.4, 0.5) is 0 Å². The zero-order chi connectivity index (χ0) is 17.8. The first-order valence-electron chi connectivity index (χ1n) is 8.65. The van der Waals surface area contributed by atoms with Crippen molar-refractivity contribution in [2.45, 2.75) is 64.4 Å². The second-order valence-corrected chi connectivity index (χ2v) is 8.86. The Labute approximate surface area is 145 Å². The Morgan fingerprint density at radius 1 is 0.917 bits per heavy atom. The molecule has 24 heavy (non-hydrogen) atoms. The minimum Gasteiger partial charge on any atom is -0.508 e. The topological polar surface area (TPSA) is 29.5 Å². The van der Waals surface area contributed by atoms with Crippen LogP contribution in [0.1, 0.15) is 64.7 Å². The van der Waals surface area contributed by atoms with Crippen molar-refractivity contribution in [3.8, 4) is 11.5 Å². The molecule has 0 radical (unpaired) electrons. The highest BCUT2D eigenvalue weighted by Gasteiger charge is 2.45. The summed E-state index contributed by atoms with van der Waals surface area (Å²) in [4.78, 5) is 0. The number of aromatic hydroxyl groups is 1. The Kier molecular flexibility index (Phi) is 3.71. The molecule has 0 amide bonds. The third-order valence-corrected chi connectivity index (χ3v) is 5.04. The summed E-state index contributed by atoms with van der Waals surface area (Å²) in [6, 6.07) is 14.2. The van der Waals surface area contributed by atoms with E-state index in [1.54, 1.807) is 6.07 Å². The molecule has 0 aromatic heterocycles. The van der Waals surface area contributed by atoms with Crippen LogP contribution >= 0.6 is 0 Å². The Morgan fingerprint density at radius 2 is 1.54 bits per heavy atom. The summed E-state index contributed by atoms with van der Waals surface area (Å²) < 4.78 is 5.94.